The van der Waals surface area contributed by atoms with E-state index >= 15 is 0 Å². The van der Waals surface area contributed by atoms with Gasteiger partial charge in [-0.25, -0.2) is 0 Å². The minimum atomic E-state index is 0.332. The van der Waals surface area contributed by atoms with Crippen LogP contribution in [0.25, 0.3) is 52.0 Å². The van der Waals surface area contributed by atoms with Crippen LogP contribution < -0.4 is 4.90 Å². The molecule has 37 heavy (non-hydrogen) atoms. The molecule has 0 saturated heterocycles. The number of fused-ring (bicyclic) bond motifs is 8. The van der Waals surface area contributed by atoms with Crippen LogP contribution in [0.15, 0.2) is 132 Å². The van der Waals surface area contributed by atoms with Crippen LogP contribution in [0.3, 0.4) is 0 Å². The summed E-state index contributed by atoms with van der Waals surface area (Å²) in [5.74, 6) is 0. The molecule has 6 aromatic carbocycles. The molecule has 2 nitrogen and oxygen atoms in total. The topological polar surface area (TPSA) is 16.4 Å². The summed E-state index contributed by atoms with van der Waals surface area (Å²) in [5.41, 5.74) is 5.16. The van der Waals surface area contributed by atoms with E-state index in [4.69, 9.17) is 4.42 Å². The number of furan rings is 1. The molecule has 8 aromatic rings. The zero-order valence-electron chi connectivity index (χ0n) is 19.9. The molecule has 0 aliphatic rings. The predicted molar refractivity (Wildman–Crippen MR) is 158 cm³/mol. The predicted octanol–water partition coefficient (Wildman–Crippen LogP) is 9.57. The van der Waals surface area contributed by atoms with Crippen molar-refractivity contribution in [2.45, 2.75) is 0 Å². The number of hydrogen-bond acceptors (Lipinski definition) is 2. The Morgan fingerprint density at radius 3 is 2.03 bits per heavy atom. The molecule has 8 rings (SSSR count). The van der Waals surface area contributed by atoms with Crippen molar-refractivity contribution in [3.63, 3.8) is 0 Å². The van der Waals surface area contributed by atoms with Gasteiger partial charge in [-0.1, -0.05) is 12.1 Å². The average Bonchev–Trinajstić information content (AvgIpc) is 3.52. The molecular weight excluding hydrogens is 517 g/mol. The van der Waals surface area contributed by atoms with E-state index in [1.807, 2.05) is 12.1 Å². The SMILES string of the molecule is c1ccc(N(c2ccc3c(ccc4c5ccccc5[se]c34)c2)c2ccc3c(c2)oc2ccccc23)cc1. The second kappa shape index (κ2) is 8.11. The molecule has 3 heteroatoms. The molecule has 0 atom stereocenters. The van der Waals surface area contributed by atoms with Crippen molar-refractivity contribution < 1.29 is 4.42 Å². The Kier molecular flexibility index (Phi) is 4.57. The number of benzene rings is 6. The Morgan fingerprint density at radius 2 is 1.14 bits per heavy atom. The van der Waals surface area contributed by atoms with Crippen LogP contribution in [-0.2, 0) is 0 Å². The van der Waals surface area contributed by atoms with Crippen LogP contribution in [0.4, 0.5) is 17.1 Å². The van der Waals surface area contributed by atoms with Gasteiger partial charge in [0.25, 0.3) is 0 Å². The van der Waals surface area contributed by atoms with E-state index in [1.54, 1.807) is 0 Å². The van der Waals surface area contributed by atoms with Crippen LogP contribution >= 0.6 is 0 Å². The van der Waals surface area contributed by atoms with Gasteiger partial charge in [0.05, 0.1) is 0 Å². The zero-order chi connectivity index (χ0) is 24.3. The van der Waals surface area contributed by atoms with E-state index in [0.29, 0.717) is 14.5 Å². The molecule has 2 heterocycles. The third kappa shape index (κ3) is 3.25. The van der Waals surface area contributed by atoms with Crippen molar-refractivity contribution in [3.05, 3.63) is 127 Å². The summed E-state index contributed by atoms with van der Waals surface area (Å²) >= 11 is 0.332. The number of rotatable bonds is 3. The van der Waals surface area contributed by atoms with Crippen molar-refractivity contribution in [3.8, 4) is 0 Å². The second-order valence-corrected chi connectivity index (χ2v) is 11.6. The van der Waals surface area contributed by atoms with E-state index in [-0.39, 0.29) is 0 Å². The molecule has 0 saturated carbocycles. The standard InChI is InChI=1S/C34H21NOSe/c1-2-8-23(9-3-1)35(25-16-19-28-27-10-4-6-12-31(27)36-32(28)21-25)24-15-18-26-22(20-24)14-17-30-29-11-5-7-13-33(29)37-34(26)30/h1-21H. The van der Waals surface area contributed by atoms with E-state index in [2.05, 4.69) is 120 Å². The summed E-state index contributed by atoms with van der Waals surface area (Å²) in [6.45, 7) is 0. The Morgan fingerprint density at radius 1 is 0.459 bits per heavy atom. The van der Waals surface area contributed by atoms with Crippen molar-refractivity contribution >= 4 is 83.6 Å². The molecule has 0 aliphatic heterocycles. The maximum absolute atomic E-state index is 6.24. The molecule has 0 aliphatic carbocycles. The first-order valence-electron chi connectivity index (χ1n) is 12.4. The zero-order valence-corrected chi connectivity index (χ0v) is 21.6. The van der Waals surface area contributed by atoms with E-state index in [1.165, 1.54) is 30.1 Å². The van der Waals surface area contributed by atoms with Crippen LogP contribution in [0, 0.1) is 0 Å². The Hall–Kier alpha value is -4.30. The fourth-order valence-electron chi connectivity index (χ4n) is 5.52. The summed E-state index contributed by atoms with van der Waals surface area (Å²) in [4.78, 5) is 2.32. The van der Waals surface area contributed by atoms with Gasteiger partial charge in [0.15, 0.2) is 0 Å². The molecule has 174 valence electrons. The molecule has 0 spiro atoms. The van der Waals surface area contributed by atoms with Gasteiger partial charge in [-0.2, -0.15) is 0 Å². The van der Waals surface area contributed by atoms with E-state index < -0.39 is 0 Å². The number of anilines is 3. The summed E-state index contributed by atoms with van der Waals surface area (Å²) in [7, 11) is 0. The number of nitrogens with zero attached hydrogens (tertiary/aromatic N) is 1. The van der Waals surface area contributed by atoms with Gasteiger partial charge in [0.1, 0.15) is 0 Å². The first kappa shape index (κ1) is 20.8. The van der Waals surface area contributed by atoms with Crippen LogP contribution in [-0.4, -0.2) is 14.5 Å². The van der Waals surface area contributed by atoms with Crippen LogP contribution in [0.2, 0.25) is 0 Å². The molecule has 0 unspecified atom stereocenters. The maximum atomic E-state index is 6.24. The molecule has 0 bridgehead atoms. The fourth-order valence-corrected chi connectivity index (χ4v) is 8.11. The minimum absolute atomic E-state index is 0.332. The van der Waals surface area contributed by atoms with Gasteiger partial charge in [-0.15, -0.1) is 0 Å². The third-order valence-electron chi connectivity index (χ3n) is 7.24. The van der Waals surface area contributed by atoms with Gasteiger partial charge in [-0.05, 0) is 0 Å². The molecule has 0 amide bonds. The van der Waals surface area contributed by atoms with Crippen LogP contribution in [0.5, 0.6) is 0 Å². The van der Waals surface area contributed by atoms with Gasteiger partial charge in [0.2, 0.25) is 0 Å². The molecule has 2 aromatic heterocycles. The number of para-hydroxylation sites is 2. The van der Waals surface area contributed by atoms with Gasteiger partial charge in [0, 0.05) is 0 Å². The van der Waals surface area contributed by atoms with E-state index in [9.17, 15) is 0 Å². The second-order valence-electron chi connectivity index (χ2n) is 9.40. The normalized spacial score (nSPS) is 11.8. The fraction of sp³-hybridized carbons (Fsp3) is 0. The quantitative estimate of drug-likeness (QED) is 0.208. The summed E-state index contributed by atoms with van der Waals surface area (Å²) in [5, 5.41) is 7.72. The first-order chi connectivity index (χ1) is 18.3. The van der Waals surface area contributed by atoms with Gasteiger partial charge < -0.3 is 0 Å². The van der Waals surface area contributed by atoms with Crippen molar-refractivity contribution in [1.29, 1.82) is 0 Å². The summed E-state index contributed by atoms with van der Waals surface area (Å²) in [6.07, 6.45) is 0. The molecule has 0 N–H and O–H groups in total. The van der Waals surface area contributed by atoms with E-state index in [0.717, 1.165) is 39.0 Å². The number of hydrogen-bond donors (Lipinski definition) is 0. The Balaban J connectivity index is 1.33. The Labute approximate surface area is 219 Å². The molecule has 0 fully saturated rings. The third-order valence-corrected chi connectivity index (χ3v) is 9.80. The van der Waals surface area contributed by atoms with Gasteiger partial charge >= 0.3 is 208 Å². The van der Waals surface area contributed by atoms with Crippen LogP contribution in [0.1, 0.15) is 0 Å². The summed E-state index contributed by atoms with van der Waals surface area (Å²) in [6, 6.07) is 45.7. The monoisotopic (exact) mass is 539 g/mol. The molecule has 0 radical (unpaired) electrons. The van der Waals surface area contributed by atoms with Crippen molar-refractivity contribution in [1.82, 2.24) is 0 Å². The van der Waals surface area contributed by atoms with Crippen molar-refractivity contribution in [2.75, 3.05) is 4.90 Å². The van der Waals surface area contributed by atoms with Crippen molar-refractivity contribution in [2.24, 2.45) is 0 Å². The summed E-state index contributed by atoms with van der Waals surface area (Å²) < 4.78 is 9.21. The first-order valence-corrected chi connectivity index (χ1v) is 14.2. The Bertz CT molecular complexity index is 2100. The average molecular weight is 539 g/mol. The molecular formula is C34H21NOSe. The van der Waals surface area contributed by atoms with Gasteiger partial charge in [-0.3, -0.25) is 0 Å².